The van der Waals surface area contributed by atoms with Crippen molar-refractivity contribution < 1.29 is 10.0 Å². The molecule has 20 heavy (non-hydrogen) atoms. The second-order valence-electron chi connectivity index (χ2n) is 3.51. The van der Waals surface area contributed by atoms with Crippen molar-refractivity contribution in [2.75, 3.05) is 52.4 Å². The Kier molecular flexibility index (Phi) is 17.7. The van der Waals surface area contributed by atoms with E-state index in [-0.39, 0.29) is 0 Å². The number of nitrogens with zero attached hydrogens (tertiary/aromatic N) is 2. The molecule has 2 heterocycles. The number of hydrogen-bond acceptors (Lipinski definition) is 10. The fourth-order valence-corrected chi connectivity index (χ4v) is 1.21. The quantitative estimate of drug-likeness (QED) is 0.227. The summed E-state index contributed by atoms with van der Waals surface area (Å²) in [6.07, 6.45) is 0. The Hall–Kier alpha value is -1.76. The van der Waals surface area contributed by atoms with E-state index >= 15 is 0 Å². The molecule has 6 N–H and O–H groups in total. The van der Waals surface area contributed by atoms with Crippen LogP contribution in [0.25, 0.3) is 0 Å². The van der Waals surface area contributed by atoms with E-state index in [1.165, 1.54) is 0 Å². The zero-order valence-electron chi connectivity index (χ0n) is 11.2. The standard InChI is InChI=1S/2C4H10N2.2HN2O2/c2*1-2-6-4-3-5-1;2*1-2(3)4/h2*5-6H,1-4H2;2*(H-,1,3,4)/q;;2*-1. The molecule has 0 atom stereocenters. The van der Waals surface area contributed by atoms with Gasteiger partial charge in [0.25, 0.3) is 0 Å². The summed E-state index contributed by atoms with van der Waals surface area (Å²) in [6.45, 7) is 9.11. The van der Waals surface area contributed by atoms with Gasteiger partial charge >= 0.3 is 0 Å². The van der Waals surface area contributed by atoms with Crippen molar-refractivity contribution in [3.63, 3.8) is 0 Å². The molecule has 0 spiro atoms. The first-order chi connectivity index (χ1) is 9.46. The smallest absolute Gasteiger partial charge is 0.00772 e. The van der Waals surface area contributed by atoms with Crippen molar-refractivity contribution in [1.82, 2.24) is 21.3 Å². The summed E-state index contributed by atoms with van der Waals surface area (Å²) in [4.78, 5) is 0. The van der Waals surface area contributed by atoms with Crippen LogP contribution in [0.1, 0.15) is 0 Å². The van der Waals surface area contributed by atoms with Gasteiger partial charge in [0, 0.05) is 52.4 Å². The van der Waals surface area contributed by atoms with Gasteiger partial charge in [0.2, 0.25) is 0 Å². The second-order valence-corrected chi connectivity index (χ2v) is 3.51. The van der Waals surface area contributed by atoms with Crippen LogP contribution in [0, 0.1) is 31.9 Å². The average molecular weight is 294 g/mol. The van der Waals surface area contributed by atoms with E-state index < -0.39 is 10.0 Å². The Bertz CT molecular complexity index is 179. The minimum atomic E-state index is -1.25. The fourth-order valence-electron chi connectivity index (χ4n) is 1.21. The Balaban J connectivity index is 0. The SMILES string of the molecule is C1CNCCN1.C1CNCCN1.N=[N+]([O-])[O-].N=[N+]([O-])[O-]. The predicted molar refractivity (Wildman–Crippen MR) is 70.9 cm³/mol. The topological polar surface area (TPSA) is 194 Å². The Morgan fingerprint density at radius 1 is 0.500 bits per heavy atom. The average Bonchev–Trinajstić information content (AvgIpc) is 2.42. The molecule has 2 fully saturated rings. The van der Waals surface area contributed by atoms with Crippen LogP contribution in [-0.4, -0.2) is 62.4 Å². The molecule has 0 unspecified atom stereocenters. The summed E-state index contributed by atoms with van der Waals surface area (Å²) in [6, 6.07) is 0. The molecule has 0 saturated carbocycles. The third kappa shape index (κ3) is 36.0. The molecule has 120 valence electrons. The second kappa shape index (κ2) is 17.2. The minimum absolute atomic E-state index is 1.14. The van der Waals surface area contributed by atoms with E-state index in [4.69, 9.17) is 31.9 Å². The number of hydrogen-bond donors (Lipinski definition) is 6. The van der Waals surface area contributed by atoms with Gasteiger partial charge in [-0.05, 0) is 11.1 Å². The van der Waals surface area contributed by atoms with Crippen LogP contribution in [0.3, 0.4) is 0 Å². The lowest BCUT2D eigenvalue weighted by molar-refractivity contribution is -0.482. The molecular formula is C8H22N8O4-2. The van der Waals surface area contributed by atoms with Crippen molar-refractivity contribution in [1.29, 1.82) is 11.1 Å². The Labute approximate surface area is 116 Å². The molecule has 2 aliphatic heterocycles. The molecule has 0 aromatic rings. The molecule has 0 aromatic heterocycles. The lowest BCUT2D eigenvalue weighted by atomic mass is 10.4. The fraction of sp³-hybridized carbons (Fsp3) is 1.00. The van der Waals surface area contributed by atoms with Crippen LogP contribution in [-0.2, 0) is 0 Å². The van der Waals surface area contributed by atoms with Gasteiger partial charge in [-0.1, -0.05) is 10.0 Å². The Morgan fingerprint density at radius 2 is 0.600 bits per heavy atom. The highest BCUT2D eigenvalue weighted by molar-refractivity contribution is 4.59. The van der Waals surface area contributed by atoms with E-state index in [2.05, 4.69) is 21.3 Å². The maximum atomic E-state index is 8.47. The molecule has 12 heteroatoms. The van der Waals surface area contributed by atoms with Gasteiger partial charge in [0.15, 0.2) is 0 Å². The first-order valence-corrected chi connectivity index (χ1v) is 6.01. The van der Waals surface area contributed by atoms with Gasteiger partial charge in [0.1, 0.15) is 0 Å². The van der Waals surface area contributed by atoms with Gasteiger partial charge < -0.3 is 42.1 Å². The Morgan fingerprint density at radius 3 is 0.650 bits per heavy atom. The van der Waals surface area contributed by atoms with E-state index in [1.807, 2.05) is 0 Å². The molecule has 2 rings (SSSR count). The summed E-state index contributed by atoms with van der Waals surface area (Å²) in [5.41, 5.74) is 10.6. The number of nitrogens with one attached hydrogen (secondary N) is 6. The van der Waals surface area contributed by atoms with E-state index in [1.54, 1.807) is 0 Å². The van der Waals surface area contributed by atoms with Gasteiger partial charge in [-0.3, -0.25) is 0 Å². The zero-order chi connectivity index (χ0) is 15.6. The monoisotopic (exact) mass is 294 g/mol. The van der Waals surface area contributed by atoms with Crippen LogP contribution in [0.2, 0.25) is 0 Å². The van der Waals surface area contributed by atoms with Crippen molar-refractivity contribution in [3.05, 3.63) is 20.8 Å². The van der Waals surface area contributed by atoms with Crippen LogP contribution >= 0.6 is 0 Å². The maximum Gasteiger partial charge on any atom is 0.00772 e. The number of rotatable bonds is 0. The third-order valence-corrected chi connectivity index (χ3v) is 1.91. The summed E-state index contributed by atoms with van der Waals surface area (Å²) in [5, 5.41) is 44.3. The van der Waals surface area contributed by atoms with Crippen molar-refractivity contribution in [2.24, 2.45) is 0 Å². The molecule has 0 aliphatic carbocycles. The molecule has 0 amide bonds. The van der Waals surface area contributed by atoms with Gasteiger partial charge in [-0.15, -0.1) is 0 Å². The highest BCUT2D eigenvalue weighted by Gasteiger charge is 1.92. The van der Waals surface area contributed by atoms with Gasteiger partial charge in [-0.25, -0.2) is 0 Å². The van der Waals surface area contributed by atoms with E-state index in [0.717, 1.165) is 52.4 Å². The lowest BCUT2D eigenvalue weighted by Gasteiger charge is -2.11. The largest absolute Gasteiger partial charge is 0.588 e. The summed E-state index contributed by atoms with van der Waals surface area (Å²) in [7, 11) is 0. The van der Waals surface area contributed by atoms with Crippen LogP contribution in [0.5, 0.6) is 0 Å². The molecule has 2 saturated heterocycles. The molecule has 12 nitrogen and oxygen atoms in total. The maximum absolute atomic E-state index is 8.47. The first kappa shape index (κ1) is 20.6. The normalized spacial score (nSPS) is 16.8. The summed E-state index contributed by atoms with van der Waals surface area (Å²) < 4.78 is 0. The summed E-state index contributed by atoms with van der Waals surface area (Å²) >= 11 is 0. The lowest BCUT2D eigenvalue weighted by Crippen LogP contribution is -2.39. The van der Waals surface area contributed by atoms with Crippen LogP contribution in [0.15, 0.2) is 0 Å². The predicted octanol–water partition coefficient (Wildman–Crippen LogP) is -1.59. The zero-order valence-corrected chi connectivity index (χ0v) is 11.2. The first-order valence-electron chi connectivity index (χ1n) is 6.01. The van der Waals surface area contributed by atoms with Gasteiger partial charge in [0.05, 0.1) is 0 Å². The van der Waals surface area contributed by atoms with Crippen molar-refractivity contribution in [3.8, 4) is 0 Å². The molecule has 2 aliphatic rings. The van der Waals surface area contributed by atoms with E-state index in [0.29, 0.717) is 0 Å². The van der Waals surface area contributed by atoms with E-state index in [9.17, 15) is 0 Å². The summed E-state index contributed by atoms with van der Waals surface area (Å²) in [5.74, 6) is 0. The highest BCUT2D eigenvalue weighted by atomic mass is 16.8. The molecule has 0 bridgehead atoms. The van der Waals surface area contributed by atoms with Gasteiger partial charge in [-0.2, -0.15) is 0 Å². The number of piperazine rings is 2. The van der Waals surface area contributed by atoms with Crippen LogP contribution in [0.4, 0.5) is 0 Å². The molecule has 0 radical (unpaired) electrons. The third-order valence-electron chi connectivity index (χ3n) is 1.91. The van der Waals surface area contributed by atoms with Crippen LogP contribution < -0.4 is 21.3 Å². The van der Waals surface area contributed by atoms with Crippen molar-refractivity contribution >= 4 is 0 Å². The highest BCUT2D eigenvalue weighted by Crippen LogP contribution is 1.66. The van der Waals surface area contributed by atoms with Crippen molar-refractivity contribution in [2.45, 2.75) is 0 Å². The molecule has 0 aromatic carbocycles. The minimum Gasteiger partial charge on any atom is -0.588 e. The molecular weight excluding hydrogens is 272 g/mol.